The lowest BCUT2D eigenvalue weighted by atomic mass is 9.99. The molecular formula is C84H164O17P2. The Kier molecular flexibility index (Phi) is 75.4. The number of carbonyl (C=O) groups excluding carboxylic acids is 4. The number of ether oxygens (including phenoxy) is 4. The van der Waals surface area contributed by atoms with Crippen LogP contribution in [0.5, 0.6) is 0 Å². The first-order valence-electron chi connectivity index (χ1n) is 43.7. The van der Waals surface area contributed by atoms with Gasteiger partial charge in [0.05, 0.1) is 26.4 Å². The number of hydrogen-bond acceptors (Lipinski definition) is 15. The smallest absolute Gasteiger partial charge is 0.462 e. The number of unbranched alkanes of at least 4 members (excludes halogenated alkanes) is 55. The fourth-order valence-electron chi connectivity index (χ4n) is 13.1. The van der Waals surface area contributed by atoms with Crippen LogP contribution < -0.4 is 0 Å². The van der Waals surface area contributed by atoms with Gasteiger partial charge in [0.1, 0.15) is 19.3 Å². The van der Waals surface area contributed by atoms with E-state index in [-0.39, 0.29) is 25.7 Å². The van der Waals surface area contributed by atoms with Crippen molar-refractivity contribution in [1.82, 2.24) is 0 Å². The largest absolute Gasteiger partial charge is 0.472 e. The third kappa shape index (κ3) is 76.6. The molecule has 0 aliphatic heterocycles. The summed E-state index contributed by atoms with van der Waals surface area (Å²) in [5.41, 5.74) is 0. The normalized spacial score (nSPS) is 14.1. The van der Waals surface area contributed by atoms with Gasteiger partial charge >= 0.3 is 39.5 Å². The second-order valence-corrected chi connectivity index (χ2v) is 33.4. The Morgan fingerprint density at radius 1 is 0.272 bits per heavy atom. The molecule has 0 bridgehead atoms. The number of rotatable bonds is 84. The predicted molar refractivity (Wildman–Crippen MR) is 423 cm³/mol. The molecule has 0 saturated heterocycles. The van der Waals surface area contributed by atoms with Crippen molar-refractivity contribution in [3.05, 3.63) is 0 Å². The van der Waals surface area contributed by atoms with Gasteiger partial charge in [-0.25, -0.2) is 9.13 Å². The fraction of sp³-hybridized carbons (Fsp3) is 0.952. The van der Waals surface area contributed by atoms with Gasteiger partial charge in [0.25, 0.3) is 0 Å². The Morgan fingerprint density at radius 3 is 0.689 bits per heavy atom. The molecule has 0 radical (unpaired) electrons. The van der Waals surface area contributed by atoms with Crippen LogP contribution in [0.15, 0.2) is 0 Å². The van der Waals surface area contributed by atoms with Gasteiger partial charge in [0.2, 0.25) is 0 Å². The van der Waals surface area contributed by atoms with E-state index >= 15 is 0 Å². The minimum Gasteiger partial charge on any atom is -0.462 e. The predicted octanol–water partition coefficient (Wildman–Crippen LogP) is 25.6. The monoisotopic (exact) mass is 1510 g/mol. The summed E-state index contributed by atoms with van der Waals surface area (Å²) in [6.07, 6.45) is 69.3. The van der Waals surface area contributed by atoms with Gasteiger partial charge < -0.3 is 33.8 Å². The van der Waals surface area contributed by atoms with Crippen LogP contribution >= 0.6 is 15.6 Å². The molecule has 0 saturated carbocycles. The van der Waals surface area contributed by atoms with Crippen molar-refractivity contribution in [1.29, 1.82) is 0 Å². The van der Waals surface area contributed by atoms with Crippen molar-refractivity contribution in [3.8, 4) is 0 Å². The average Bonchev–Trinajstić information content (AvgIpc) is 0.912. The highest BCUT2D eigenvalue weighted by Gasteiger charge is 2.30. The van der Waals surface area contributed by atoms with E-state index in [0.717, 1.165) is 95.8 Å². The van der Waals surface area contributed by atoms with E-state index in [1.807, 2.05) is 0 Å². The number of phosphoric acid groups is 2. The first-order chi connectivity index (χ1) is 50.1. The molecule has 0 aromatic heterocycles. The molecule has 0 amide bonds. The van der Waals surface area contributed by atoms with Gasteiger partial charge in [0, 0.05) is 25.7 Å². The summed E-state index contributed by atoms with van der Waals surface area (Å²) in [5.74, 6) is -1.32. The van der Waals surface area contributed by atoms with Crippen molar-refractivity contribution >= 4 is 39.5 Å². The zero-order valence-corrected chi connectivity index (χ0v) is 69.3. The number of aliphatic hydroxyl groups is 1. The highest BCUT2D eigenvalue weighted by molar-refractivity contribution is 7.47. The van der Waals surface area contributed by atoms with Gasteiger partial charge in [-0.2, -0.15) is 0 Å². The molecule has 0 aromatic carbocycles. The molecule has 0 spiro atoms. The SMILES string of the molecule is CCCCCCCCCCCCCCCCCCCCCCCC(=O)O[C@H](COC(=O)CCCCCCCCCCCCCCCCC)COP(=O)(O)OC[C@@H](O)COP(=O)(O)OC[C@@H](COC(=O)CCCCCCCCCCC(C)CC)OC(=O)CCCCCCCCCCCCCCCCC. The summed E-state index contributed by atoms with van der Waals surface area (Å²) >= 11 is 0. The number of carbonyl (C=O) groups is 4. The average molecular weight is 1510 g/mol. The Labute approximate surface area is 632 Å². The minimum atomic E-state index is -4.96. The fourth-order valence-corrected chi connectivity index (χ4v) is 14.7. The van der Waals surface area contributed by atoms with Crippen molar-refractivity contribution in [2.45, 2.75) is 470 Å². The third-order valence-corrected chi connectivity index (χ3v) is 22.0. The second kappa shape index (κ2) is 76.8. The first kappa shape index (κ1) is 101. The molecule has 0 fully saturated rings. The second-order valence-electron chi connectivity index (χ2n) is 30.5. The molecule has 0 aliphatic rings. The molecule has 3 N–H and O–H groups in total. The zero-order chi connectivity index (χ0) is 75.5. The van der Waals surface area contributed by atoms with Gasteiger partial charge in [-0.15, -0.1) is 0 Å². The molecular weight excluding hydrogens is 1340 g/mol. The van der Waals surface area contributed by atoms with Crippen molar-refractivity contribution in [3.63, 3.8) is 0 Å². The topological polar surface area (TPSA) is 237 Å². The molecule has 0 aliphatic carbocycles. The summed E-state index contributed by atoms with van der Waals surface area (Å²) in [5, 5.41) is 10.7. The van der Waals surface area contributed by atoms with E-state index in [1.54, 1.807) is 0 Å². The Bertz CT molecular complexity index is 1960. The quantitative estimate of drug-likeness (QED) is 0.0222. The van der Waals surface area contributed by atoms with Crippen molar-refractivity contribution in [2.75, 3.05) is 39.6 Å². The summed E-state index contributed by atoms with van der Waals surface area (Å²) in [6.45, 7) is 7.36. The highest BCUT2D eigenvalue weighted by Crippen LogP contribution is 2.45. The maximum atomic E-state index is 13.1. The summed E-state index contributed by atoms with van der Waals surface area (Å²) in [6, 6.07) is 0. The van der Waals surface area contributed by atoms with E-state index in [9.17, 15) is 43.2 Å². The van der Waals surface area contributed by atoms with Gasteiger partial charge in [-0.05, 0) is 31.6 Å². The lowest BCUT2D eigenvalue weighted by molar-refractivity contribution is -0.161. The molecule has 6 atom stereocenters. The molecule has 103 heavy (non-hydrogen) atoms. The Hall–Kier alpha value is -1.94. The minimum absolute atomic E-state index is 0.108. The first-order valence-corrected chi connectivity index (χ1v) is 46.7. The standard InChI is InChI=1S/C84H164O17P2/c1-6-10-13-16-19-22-25-28-31-32-33-34-35-36-39-42-45-48-55-60-65-70-83(88)100-79(73-94-81(86)67-62-57-52-46-43-40-37-29-26-23-20-17-14-11-7-2)75-98-102(90,91)96-71-78(85)72-97-103(92,93)99-76-80(74-95-82(87)68-63-58-53-50-49-51-56-61-66-77(5)9-4)101-84(89)69-64-59-54-47-44-41-38-30-27-24-21-18-15-12-8-3/h77-80,85H,6-76H2,1-5H3,(H,90,91)(H,92,93)/t77?,78-,79-,80-/m1/s1. The molecule has 0 heterocycles. The van der Waals surface area contributed by atoms with Crippen LogP contribution in [0.1, 0.15) is 452 Å². The van der Waals surface area contributed by atoms with Gasteiger partial charge in [-0.1, -0.05) is 401 Å². The highest BCUT2D eigenvalue weighted by atomic mass is 31.2. The number of aliphatic hydroxyl groups excluding tert-OH is 1. The van der Waals surface area contributed by atoms with Crippen LogP contribution in [-0.4, -0.2) is 96.7 Å². The van der Waals surface area contributed by atoms with E-state index in [2.05, 4.69) is 34.6 Å². The van der Waals surface area contributed by atoms with Gasteiger partial charge in [0.15, 0.2) is 12.2 Å². The van der Waals surface area contributed by atoms with Crippen LogP contribution in [0.2, 0.25) is 0 Å². The summed E-state index contributed by atoms with van der Waals surface area (Å²) in [4.78, 5) is 73.2. The summed E-state index contributed by atoms with van der Waals surface area (Å²) in [7, 11) is -9.92. The molecule has 19 heteroatoms. The number of esters is 4. The molecule has 3 unspecified atom stereocenters. The number of phosphoric ester groups is 2. The van der Waals surface area contributed by atoms with E-state index in [4.69, 9.17) is 37.0 Å². The van der Waals surface area contributed by atoms with E-state index in [0.29, 0.717) is 25.7 Å². The Balaban J connectivity index is 5.24. The maximum Gasteiger partial charge on any atom is 0.472 e. The third-order valence-electron chi connectivity index (χ3n) is 20.1. The number of hydrogen-bond donors (Lipinski definition) is 3. The van der Waals surface area contributed by atoms with E-state index < -0.39 is 97.5 Å². The molecule has 17 nitrogen and oxygen atoms in total. The maximum absolute atomic E-state index is 13.1. The van der Waals surface area contributed by atoms with Crippen LogP contribution in [0, 0.1) is 5.92 Å². The lowest BCUT2D eigenvalue weighted by Crippen LogP contribution is -2.30. The van der Waals surface area contributed by atoms with Crippen molar-refractivity contribution < 1.29 is 80.2 Å². The van der Waals surface area contributed by atoms with Crippen LogP contribution in [0.4, 0.5) is 0 Å². The van der Waals surface area contributed by atoms with Crippen LogP contribution in [-0.2, 0) is 65.4 Å². The van der Waals surface area contributed by atoms with Gasteiger partial charge in [-0.3, -0.25) is 37.3 Å². The summed E-state index contributed by atoms with van der Waals surface area (Å²) < 4.78 is 68.9. The zero-order valence-electron chi connectivity index (χ0n) is 67.5. The molecule has 612 valence electrons. The molecule has 0 rings (SSSR count). The molecule has 0 aromatic rings. The van der Waals surface area contributed by atoms with Crippen LogP contribution in [0.25, 0.3) is 0 Å². The van der Waals surface area contributed by atoms with Crippen LogP contribution in [0.3, 0.4) is 0 Å². The van der Waals surface area contributed by atoms with E-state index in [1.165, 1.54) is 276 Å². The Morgan fingerprint density at radius 2 is 0.466 bits per heavy atom. The van der Waals surface area contributed by atoms with Crippen molar-refractivity contribution in [2.24, 2.45) is 5.92 Å². The lowest BCUT2D eigenvalue weighted by Gasteiger charge is -2.21.